The number of aliphatic hydroxyl groups excluding tert-OH is 3. The molecule has 1 saturated carbocycles. The number of aliphatic hydroxyl groups is 3. The minimum Gasteiger partial charge on any atom is -0.390 e. The van der Waals surface area contributed by atoms with E-state index in [1.165, 1.54) is 0 Å². The molecule has 0 bridgehead atoms. The first-order valence-corrected chi connectivity index (χ1v) is 5.71. The maximum absolute atomic E-state index is 9.94. The van der Waals surface area contributed by atoms with Crippen LogP contribution in [0.1, 0.15) is 0 Å². The normalized spacial score (nSPS) is 40.6. The van der Waals surface area contributed by atoms with Crippen LogP contribution in [-0.2, 0) is 4.84 Å². The van der Waals surface area contributed by atoms with Crippen molar-refractivity contribution in [2.75, 3.05) is 11.7 Å². The predicted molar refractivity (Wildman–Crippen MR) is 60.2 cm³/mol. The third-order valence-corrected chi connectivity index (χ3v) is 3.61. The zero-order valence-corrected chi connectivity index (χ0v) is 9.18. The summed E-state index contributed by atoms with van der Waals surface area (Å²) < 4.78 is 0. The third kappa shape index (κ3) is 1.55. The van der Waals surface area contributed by atoms with Gasteiger partial charge in [0, 0.05) is 5.92 Å². The van der Waals surface area contributed by atoms with Crippen LogP contribution < -0.4 is 5.06 Å². The molecule has 0 radical (unpaired) electrons. The molecular weight excluding hydrogens is 222 g/mol. The van der Waals surface area contributed by atoms with Crippen LogP contribution in [0.15, 0.2) is 30.3 Å². The van der Waals surface area contributed by atoms with Crippen molar-refractivity contribution in [2.45, 2.75) is 24.4 Å². The SMILES string of the molecule is O[C@H]1[C@H](O)[C@@H]2CON(c3ccccc3)[C@@H]2[C@H]1O. The standard InChI is InChI=1S/C12H15NO4/c14-10-8-6-17-13(7-4-2-1-3-5-7)9(8)11(15)12(10)16/h1-5,8-12,14-16H,6H2/t8-,9+,10-,11-,12+/m1/s1. The van der Waals surface area contributed by atoms with Crippen molar-refractivity contribution in [3.63, 3.8) is 0 Å². The van der Waals surface area contributed by atoms with Crippen molar-refractivity contribution in [3.05, 3.63) is 30.3 Å². The molecule has 5 heteroatoms. The molecular formula is C12H15NO4. The van der Waals surface area contributed by atoms with Crippen LogP contribution in [0.2, 0.25) is 0 Å². The number of hydroxylamine groups is 1. The van der Waals surface area contributed by atoms with Crippen LogP contribution >= 0.6 is 0 Å². The summed E-state index contributed by atoms with van der Waals surface area (Å²) in [5.41, 5.74) is 0.820. The zero-order chi connectivity index (χ0) is 12.0. The number of para-hydroxylation sites is 1. The van der Waals surface area contributed by atoms with Gasteiger partial charge in [0.25, 0.3) is 0 Å². The average Bonchev–Trinajstić information content (AvgIpc) is 2.88. The Morgan fingerprint density at radius 3 is 2.41 bits per heavy atom. The Bertz CT molecular complexity index is 399. The van der Waals surface area contributed by atoms with Gasteiger partial charge in [-0.05, 0) is 12.1 Å². The van der Waals surface area contributed by atoms with Crippen LogP contribution in [0.4, 0.5) is 5.69 Å². The fourth-order valence-corrected chi connectivity index (χ4v) is 2.70. The van der Waals surface area contributed by atoms with Gasteiger partial charge in [-0.25, -0.2) is 5.06 Å². The zero-order valence-electron chi connectivity index (χ0n) is 9.18. The summed E-state index contributed by atoms with van der Waals surface area (Å²) >= 11 is 0. The van der Waals surface area contributed by atoms with E-state index >= 15 is 0 Å². The lowest BCUT2D eigenvalue weighted by molar-refractivity contribution is -0.0446. The fourth-order valence-electron chi connectivity index (χ4n) is 2.70. The van der Waals surface area contributed by atoms with E-state index in [0.29, 0.717) is 6.61 Å². The lowest BCUT2D eigenvalue weighted by atomic mass is 10.0. The second kappa shape index (κ2) is 3.96. The molecule has 0 spiro atoms. The van der Waals surface area contributed by atoms with Gasteiger partial charge in [0.2, 0.25) is 0 Å². The highest BCUT2D eigenvalue weighted by Gasteiger charge is 2.55. The summed E-state index contributed by atoms with van der Waals surface area (Å²) in [6.45, 7) is 0.314. The molecule has 2 aliphatic rings. The summed E-state index contributed by atoms with van der Waals surface area (Å²) in [6, 6.07) is 8.99. The number of fused-ring (bicyclic) bond motifs is 1. The van der Waals surface area contributed by atoms with Crippen LogP contribution in [0, 0.1) is 5.92 Å². The Morgan fingerprint density at radius 2 is 1.71 bits per heavy atom. The van der Waals surface area contributed by atoms with E-state index < -0.39 is 18.3 Å². The molecule has 1 saturated heterocycles. The molecule has 1 aliphatic heterocycles. The summed E-state index contributed by atoms with van der Waals surface area (Å²) in [6.07, 6.45) is -3.01. The molecule has 5 nitrogen and oxygen atoms in total. The lowest BCUT2D eigenvalue weighted by Gasteiger charge is -2.26. The number of hydrogen-bond acceptors (Lipinski definition) is 5. The highest BCUT2D eigenvalue weighted by molar-refractivity contribution is 5.46. The summed E-state index contributed by atoms with van der Waals surface area (Å²) in [4.78, 5) is 5.50. The minimum absolute atomic E-state index is 0.250. The first-order valence-electron chi connectivity index (χ1n) is 5.71. The Hall–Kier alpha value is -1.14. The highest BCUT2D eigenvalue weighted by Crippen LogP contribution is 2.38. The van der Waals surface area contributed by atoms with Gasteiger partial charge in [0.1, 0.15) is 12.2 Å². The first-order chi connectivity index (χ1) is 8.20. The number of anilines is 1. The monoisotopic (exact) mass is 237 g/mol. The molecule has 1 heterocycles. The van der Waals surface area contributed by atoms with Crippen molar-refractivity contribution in [1.82, 2.24) is 0 Å². The van der Waals surface area contributed by atoms with E-state index in [1.54, 1.807) is 5.06 Å². The fraction of sp³-hybridized carbons (Fsp3) is 0.500. The molecule has 92 valence electrons. The molecule has 0 unspecified atom stereocenters. The van der Waals surface area contributed by atoms with Gasteiger partial charge in [-0.2, -0.15) is 0 Å². The Kier molecular flexibility index (Phi) is 2.56. The minimum atomic E-state index is -1.10. The van der Waals surface area contributed by atoms with Crippen molar-refractivity contribution in [3.8, 4) is 0 Å². The molecule has 5 atom stereocenters. The van der Waals surface area contributed by atoms with E-state index in [-0.39, 0.29) is 12.0 Å². The number of nitrogens with zero attached hydrogens (tertiary/aromatic N) is 1. The van der Waals surface area contributed by atoms with Crippen molar-refractivity contribution in [2.24, 2.45) is 5.92 Å². The Balaban J connectivity index is 1.90. The number of hydrogen-bond donors (Lipinski definition) is 3. The maximum atomic E-state index is 9.94. The molecule has 1 aliphatic carbocycles. The van der Waals surface area contributed by atoms with Gasteiger partial charge in [-0.3, -0.25) is 4.84 Å². The molecule has 2 fully saturated rings. The lowest BCUT2D eigenvalue weighted by Crippen LogP contribution is -2.41. The molecule has 3 rings (SSSR count). The highest BCUT2D eigenvalue weighted by atomic mass is 16.7. The molecule has 0 aromatic heterocycles. The number of rotatable bonds is 1. The van der Waals surface area contributed by atoms with Gasteiger partial charge < -0.3 is 15.3 Å². The average molecular weight is 237 g/mol. The van der Waals surface area contributed by atoms with E-state index in [4.69, 9.17) is 4.84 Å². The smallest absolute Gasteiger partial charge is 0.108 e. The molecule has 0 amide bonds. The van der Waals surface area contributed by atoms with Gasteiger partial charge in [-0.15, -0.1) is 0 Å². The van der Waals surface area contributed by atoms with E-state index in [9.17, 15) is 15.3 Å². The molecule has 1 aromatic rings. The van der Waals surface area contributed by atoms with E-state index in [2.05, 4.69) is 0 Å². The quantitative estimate of drug-likeness (QED) is 0.615. The topological polar surface area (TPSA) is 73.2 Å². The van der Waals surface area contributed by atoms with Crippen LogP contribution in [-0.4, -0.2) is 46.3 Å². The van der Waals surface area contributed by atoms with Crippen molar-refractivity contribution >= 4 is 5.69 Å². The molecule has 3 N–H and O–H groups in total. The van der Waals surface area contributed by atoms with Gasteiger partial charge >= 0.3 is 0 Å². The Morgan fingerprint density at radius 1 is 1.00 bits per heavy atom. The first kappa shape index (κ1) is 11.0. The van der Waals surface area contributed by atoms with Gasteiger partial charge in [-0.1, -0.05) is 18.2 Å². The van der Waals surface area contributed by atoms with Crippen molar-refractivity contribution < 1.29 is 20.2 Å². The number of benzene rings is 1. The summed E-state index contributed by atoms with van der Waals surface area (Å²) in [7, 11) is 0. The van der Waals surface area contributed by atoms with Gasteiger partial charge in [0.15, 0.2) is 0 Å². The van der Waals surface area contributed by atoms with E-state index in [1.807, 2.05) is 30.3 Å². The van der Waals surface area contributed by atoms with Gasteiger partial charge in [0.05, 0.1) is 24.4 Å². The Labute approximate surface area is 98.8 Å². The summed E-state index contributed by atoms with van der Waals surface area (Å²) in [5.74, 6) is -0.250. The van der Waals surface area contributed by atoms with E-state index in [0.717, 1.165) is 5.69 Å². The van der Waals surface area contributed by atoms with Crippen LogP contribution in [0.25, 0.3) is 0 Å². The summed E-state index contributed by atoms with van der Waals surface area (Å²) in [5, 5.41) is 31.0. The molecule has 17 heavy (non-hydrogen) atoms. The second-order valence-corrected chi connectivity index (χ2v) is 4.58. The van der Waals surface area contributed by atoms with Crippen LogP contribution in [0.3, 0.4) is 0 Å². The maximum Gasteiger partial charge on any atom is 0.108 e. The second-order valence-electron chi connectivity index (χ2n) is 4.58. The van der Waals surface area contributed by atoms with Crippen LogP contribution in [0.5, 0.6) is 0 Å². The predicted octanol–water partition coefficient (Wildman–Crippen LogP) is -0.481. The molecule has 1 aromatic carbocycles. The third-order valence-electron chi connectivity index (χ3n) is 3.61. The largest absolute Gasteiger partial charge is 0.390 e. The van der Waals surface area contributed by atoms with Crippen molar-refractivity contribution in [1.29, 1.82) is 0 Å².